The van der Waals surface area contributed by atoms with Gasteiger partial charge in [-0.2, -0.15) is 0 Å². The Balaban J connectivity index is 2.32. The lowest BCUT2D eigenvalue weighted by Gasteiger charge is -2.34. The van der Waals surface area contributed by atoms with Crippen molar-refractivity contribution in [3.63, 3.8) is 0 Å². The zero-order valence-corrected chi connectivity index (χ0v) is 10.8. The average Bonchev–Trinajstić information content (AvgIpc) is 2.42. The molecule has 0 unspecified atom stereocenters. The molecule has 1 aliphatic rings. The molecule has 0 saturated carbocycles. The first-order valence-electron chi connectivity index (χ1n) is 6.23. The third kappa shape index (κ3) is 3.13. The molecule has 0 spiro atoms. The summed E-state index contributed by atoms with van der Waals surface area (Å²) in [6.07, 6.45) is -2.56. The molecule has 1 saturated heterocycles. The van der Waals surface area contributed by atoms with Crippen LogP contribution in [0.15, 0.2) is 18.2 Å². The molecular weight excluding hydrogens is 254 g/mol. The molecule has 0 aliphatic carbocycles. The topological polar surface area (TPSA) is 44.7 Å². The van der Waals surface area contributed by atoms with E-state index in [1.807, 2.05) is 0 Å². The summed E-state index contributed by atoms with van der Waals surface area (Å²) in [7, 11) is 1.47. The van der Waals surface area contributed by atoms with Gasteiger partial charge in [-0.15, -0.1) is 0 Å². The number of alkyl halides is 2. The summed E-state index contributed by atoms with van der Waals surface area (Å²) in [5.41, 5.74) is 0.219. The number of nitrogens with one attached hydrogen (secondary N) is 1. The number of aromatic hydroxyl groups is 1. The second-order valence-electron chi connectivity index (χ2n) is 4.49. The van der Waals surface area contributed by atoms with Crippen LogP contribution < -0.4 is 10.1 Å². The molecule has 1 aromatic rings. The number of halogens is 2. The summed E-state index contributed by atoms with van der Waals surface area (Å²) in [5.74, 6) is 0.346. The van der Waals surface area contributed by atoms with Crippen LogP contribution in [0, 0.1) is 0 Å². The second kappa shape index (κ2) is 6.16. The fourth-order valence-corrected chi connectivity index (χ4v) is 2.35. The van der Waals surface area contributed by atoms with E-state index in [2.05, 4.69) is 5.32 Å². The molecule has 0 amide bonds. The van der Waals surface area contributed by atoms with Crippen LogP contribution in [0.5, 0.6) is 11.5 Å². The molecule has 0 radical (unpaired) electrons. The van der Waals surface area contributed by atoms with E-state index in [1.165, 1.54) is 19.2 Å². The first-order valence-corrected chi connectivity index (χ1v) is 6.23. The minimum atomic E-state index is -2.56. The summed E-state index contributed by atoms with van der Waals surface area (Å²) in [6, 6.07) is 3.33. The van der Waals surface area contributed by atoms with E-state index in [1.54, 1.807) is 11.0 Å². The van der Waals surface area contributed by atoms with E-state index in [0.717, 1.165) is 0 Å². The van der Waals surface area contributed by atoms with Crippen LogP contribution in [0.4, 0.5) is 8.78 Å². The van der Waals surface area contributed by atoms with Crippen LogP contribution in [0.1, 0.15) is 11.6 Å². The van der Waals surface area contributed by atoms with E-state index >= 15 is 0 Å². The molecule has 2 rings (SSSR count). The zero-order chi connectivity index (χ0) is 13.8. The fraction of sp³-hybridized carbons (Fsp3) is 0.538. The van der Waals surface area contributed by atoms with Gasteiger partial charge in [0.2, 0.25) is 0 Å². The molecule has 106 valence electrons. The number of hydrogen-bond acceptors (Lipinski definition) is 4. The minimum absolute atomic E-state index is 0.121. The van der Waals surface area contributed by atoms with Gasteiger partial charge in [0.25, 0.3) is 6.43 Å². The number of benzene rings is 1. The van der Waals surface area contributed by atoms with Crippen LogP contribution in [0.3, 0.4) is 0 Å². The third-order valence-electron chi connectivity index (χ3n) is 3.34. The molecule has 1 fully saturated rings. The summed E-state index contributed by atoms with van der Waals surface area (Å²) < 4.78 is 31.8. The SMILES string of the molecule is COc1ccc(O)c([C@H](C(F)F)N2CCNCC2)c1. The van der Waals surface area contributed by atoms with Gasteiger partial charge in [0.15, 0.2) is 0 Å². The average molecular weight is 272 g/mol. The van der Waals surface area contributed by atoms with Gasteiger partial charge in [-0.1, -0.05) is 0 Å². The Kier molecular flexibility index (Phi) is 4.55. The molecule has 19 heavy (non-hydrogen) atoms. The molecule has 4 nitrogen and oxygen atoms in total. The van der Waals surface area contributed by atoms with E-state index in [0.29, 0.717) is 31.9 Å². The van der Waals surface area contributed by atoms with Gasteiger partial charge in [0, 0.05) is 31.7 Å². The number of phenolic OH excluding ortho intramolecular Hbond substituents is 1. The Morgan fingerprint density at radius 3 is 2.58 bits per heavy atom. The predicted octanol–water partition coefficient (Wildman–Crippen LogP) is 1.61. The quantitative estimate of drug-likeness (QED) is 0.874. The molecule has 1 atom stereocenters. The van der Waals surface area contributed by atoms with Gasteiger partial charge in [-0.25, -0.2) is 8.78 Å². The Morgan fingerprint density at radius 2 is 2.00 bits per heavy atom. The number of piperazine rings is 1. The Labute approximate surface area is 111 Å². The molecule has 1 aliphatic heterocycles. The highest BCUT2D eigenvalue weighted by atomic mass is 19.3. The largest absolute Gasteiger partial charge is 0.508 e. The van der Waals surface area contributed by atoms with Crippen molar-refractivity contribution >= 4 is 0 Å². The van der Waals surface area contributed by atoms with Crippen LogP contribution in [-0.2, 0) is 0 Å². The lowest BCUT2D eigenvalue weighted by atomic mass is 10.0. The number of hydrogen-bond donors (Lipinski definition) is 2. The highest BCUT2D eigenvalue weighted by molar-refractivity contribution is 5.41. The van der Waals surface area contributed by atoms with Crippen LogP contribution in [-0.4, -0.2) is 49.7 Å². The van der Waals surface area contributed by atoms with Crippen molar-refractivity contribution in [1.82, 2.24) is 10.2 Å². The Morgan fingerprint density at radius 1 is 1.32 bits per heavy atom. The predicted molar refractivity (Wildman–Crippen MR) is 67.8 cm³/mol. The number of phenols is 1. The highest BCUT2D eigenvalue weighted by Gasteiger charge is 2.32. The lowest BCUT2D eigenvalue weighted by molar-refractivity contribution is 0.0169. The molecule has 0 aromatic heterocycles. The maximum atomic E-state index is 13.4. The standard InChI is InChI=1S/C13H18F2N2O2/c1-19-9-2-3-11(18)10(8-9)12(13(14)15)17-6-4-16-5-7-17/h2-3,8,12-13,16,18H,4-7H2,1H3/t12-/m1/s1. The molecule has 2 N–H and O–H groups in total. The number of ether oxygens (including phenoxy) is 1. The lowest BCUT2D eigenvalue weighted by Crippen LogP contribution is -2.46. The van der Waals surface area contributed by atoms with Crippen molar-refractivity contribution in [3.05, 3.63) is 23.8 Å². The summed E-state index contributed by atoms with van der Waals surface area (Å²) in [6.45, 7) is 2.42. The van der Waals surface area contributed by atoms with Crippen molar-refractivity contribution in [2.75, 3.05) is 33.3 Å². The van der Waals surface area contributed by atoms with Crippen molar-refractivity contribution in [3.8, 4) is 11.5 Å². The maximum Gasteiger partial charge on any atom is 0.258 e. The number of methoxy groups -OCH3 is 1. The van der Waals surface area contributed by atoms with Gasteiger partial charge in [-0.3, -0.25) is 4.90 Å². The summed E-state index contributed by atoms with van der Waals surface area (Å²) in [4.78, 5) is 1.69. The zero-order valence-electron chi connectivity index (χ0n) is 10.8. The third-order valence-corrected chi connectivity index (χ3v) is 3.34. The van der Waals surface area contributed by atoms with Crippen molar-refractivity contribution < 1.29 is 18.6 Å². The van der Waals surface area contributed by atoms with Gasteiger partial charge in [-0.05, 0) is 18.2 Å². The van der Waals surface area contributed by atoms with Gasteiger partial charge < -0.3 is 15.2 Å². The first-order chi connectivity index (χ1) is 9.13. The highest BCUT2D eigenvalue weighted by Crippen LogP contribution is 2.35. The van der Waals surface area contributed by atoms with Gasteiger partial charge >= 0.3 is 0 Å². The Hall–Kier alpha value is -1.40. The summed E-state index contributed by atoms with van der Waals surface area (Å²) >= 11 is 0. The van der Waals surface area contributed by atoms with Crippen LogP contribution >= 0.6 is 0 Å². The van der Waals surface area contributed by atoms with Crippen LogP contribution in [0.2, 0.25) is 0 Å². The molecule has 0 bridgehead atoms. The monoisotopic (exact) mass is 272 g/mol. The fourth-order valence-electron chi connectivity index (χ4n) is 2.35. The second-order valence-corrected chi connectivity index (χ2v) is 4.49. The molecule has 1 heterocycles. The molecular formula is C13H18F2N2O2. The minimum Gasteiger partial charge on any atom is -0.508 e. The number of nitrogens with zero attached hydrogens (tertiary/aromatic N) is 1. The van der Waals surface area contributed by atoms with Crippen molar-refractivity contribution in [2.45, 2.75) is 12.5 Å². The van der Waals surface area contributed by atoms with Gasteiger partial charge in [0.05, 0.1) is 7.11 Å². The normalized spacial score (nSPS) is 18.5. The smallest absolute Gasteiger partial charge is 0.258 e. The van der Waals surface area contributed by atoms with E-state index in [-0.39, 0.29) is 11.3 Å². The van der Waals surface area contributed by atoms with Crippen molar-refractivity contribution in [2.24, 2.45) is 0 Å². The number of rotatable bonds is 4. The Bertz CT molecular complexity index is 423. The van der Waals surface area contributed by atoms with E-state index in [4.69, 9.17) is 4.74 Å². The maximum absolute atomic E-state index is 13.4. The van der Waals surface area contributed by atoms with Gasteiger partial charge in [0.1, 0.15) is 17.5 Å². The molecule has 6 heteroatoms. The summed E-state index contributed by atoms with van der Waals surface area (Å²) in [5, 5.41) is 13.0. The van der Waals surface area contributed by atoms with Crippen molar-refractivity contribution in [1.29, 1.82) is 0 Å². The van der Waals surface area contributed by atoms with Crippen LogP contribution in [0.25, 0.3) is 0 Å². The first kappa shape index (κ1) is 14.0. The van der Waals surface area contributed by atoms with E-state index in [9.17, 15) is 13.9 Å². The molecule has 1 aromatic carbocycles. The van der Waals surface area contributed by atoms with E-state index < -0.39 is 12.5 Å².